The SMILES string of the molecule is C#Cc1cc(O)ccc1C=O. The smallest absolute Gasteiger partial charge is 0.151 e. The fourth-order valence-corrected chi connectivity index (χ4v) is 0.772. The molecule has 0 fully saturated rings. The van der Waals surface area contributed by atoms with Gasteiger partial charge in [-0.3, -0.25) is 4.79 Å². The third-order valence-corrected chi connectivity index (χ3v) is 1.32. The molecule has 2 nitrogen and oxygen atoms in total. The summed E-state index contributed by atoms with van der Waals surface area (Å²) in [7, 11) is 0. The normalized spacial score (nSPS) is 8.64. The van der Waals surface area contributed by atoms with Gasteiger partial charge in [-0.15, -0.1) is 6.42 Å². The van der Waals surface area contributed by atoms with Gasteiger partial charge in [0.25, 0.3) is 0 Å². The predicted molar refractivity (Wildman–Crippen MR) is 41.4 cm³/mol. The maximum atomic E-state index is 10.3. The Balaban J connectivity index is 3.30. The van der Waals surface area contributed by atoms with Crippen LogP contribution < -0.4 is 0 Å². The summed E-state index contributed by atoms with van der Waals surface area (Å²) >= 11 is 0. The Morgan fingerprint density at radius 1 is 1.55 bits per heavy atom. The summed E-state index contributed by atoms with van der Waals surface area (Å²) in [6.07, 6.45) is 5.74. The predicted octanol–water partition coefficient (Wildman–Crippen LogP) is 1.19. The van der Waals surface area contributed by atoms with Crippen molar-refractivity contribution in [2.75, 3.05) is 0 Å². The Kier molecular flexibility index (Phi) is 1.93. The summed E-state index contributed by atoms with van der Waals surface area (Å²) in [5.41, 5.74) is 0.838. The highest BCUT2D eigenvalue weighted by Gasteiger charge is 1.98. The van der Waals surface area contributed by atoms with Crippen LogP contribution in [0.25, 0.3) is 0 Å². The maximum absolute atomic E-state index is 10.3. The van der Waals surface area contributed by atoms with E-state index in [1.165, 1.54) is 18.2 Å². The Morgan fingerprint density at radius 3 is 2.82 bits per heavy atom. The zero-order valence-electron chi connectivity index (χ0n) is 5.74. The Bertz CT molecular complexity index is 321. The van der Waals surface area contributed by atoms with E-state index in [0.29, 0.717) is 17.4 Å². The number of rotatable bonds is 1. The van der Waals surface area contributed by atoms with Crippen molar-refractivity contribution >= 4 is 6.29 Å². The molecule has 2 heteroatoms. The zero-order chi connectivity index (χ0) is 8.27. The van der Waals surface area contributed by atoms with Crippen molar-refractivity contribution in [1.29, 1.82) is 0 Å². The van der Waals surface area contributed by atoms with Gasteiger partial charge in [-0.1, -0.05) is 5.92 Å². The van der Waals surface area contributed by atoms with Gasteiger partial charge in [0.05, 0.1) is 0 Å². The van der Waals surface area contributed by atoms with Gasteiger partial charge in [0, 0.05) is 11.1 Å². The molecule has 0 saturated carbocycles. The van der Waals surface area contributed by atoms with E-state index in [2.05, 4.69) is 5.92 Å². The molecule has 0 aliphatic heterocycles. The highest BCUT2D eigenvalue weighted by Crippen LogP contribution is 2.13. The Hall–Kier alpha value is -1.75. The molecule has 0 aliphatic rings. The summed E-state index contributed by atoms with van der Waals surface area (Å²) in [5, 5.41) is 8.95. The van der Waals surface area contributed by atoms with Crippen LogP contribution in [0.4, 0.5) is 0 Å². The first kappa shape index (κ1) is 7.36. The van der Waals surface area contributed by atoms with Crippen LogP contribution in [0, 0.1) is 12.3 Å². The lowest BCUT2D eigenvalue weighted by atomic mass is 10.1. The van der Waals surface area contributed by atoms with Crippen molar-refractivity contribution in [2.24, 2.45) is 0 Å². The van der Waals surface area contributed by atoms with Crippen LogP contribution in [0.2, 0.25) is 0 Å². The number of benzene rings is 1. The molecule has 0 aliphatic carbocycles. The summed E-state index contributed by atoms with van der Waals surface area (Å²) in [4.78, 5) is 10.3. The monoisotopic (exact) mass is 146 g/mol. The van der Waals surface area contributed by atoms with E-state index in [4.69, 9.17) is 11.5 Å². The van der Waals surface area contributed by atoms with Gasteiger partial charge in [-0.05, 0) is 18.2 Å². The third kappa shape index (κ3) is 1.39. The number of carbonyl (C=O) groups excluding carboxylic acids is 1. The second kappa shape index (κ2) is 2.89. The Labute approximate surface area is 64.5 Å². The van der Waals surface area contributed by atoms with Crippen molar-refractivity contribution in [3.8, 4) is 18.1 Å². The van der Waals surface area contributed by atoms with Gasteiger partial charge in [0.15, 0.2) is 6.29 Å². The number of phenolic OH excluding ortho intramolecular Hbond substituents is 1. The van der Waals surface area contributed by atoms with Crippen LogP contribution in [0.3, 0.4) is 0 Å². The lowest BCUT2D eigenvalue weighted by Crippen LogP contribution is -1.85. The van der Waals surface area contributed by atoms with Crippen molar-refractivity contribution in [2.45, 2.75) is 0 Å². The molecular weight excluding hydrogens is 140 g/mol. The molecule has 54 valence electrons. The van der Waals surface area contributed by atoms with Crippen LogP contribution in [0.5, 0.6) is 5.75 Å². The molecule has 1 aromatic rings. The van der Waals surface area contributed by atoms with E-state index in [1.807, 2.05) is 0 Å². The minimum absolute atomic E-state index is 0.0727. The fourth-order valence-electron chi connectivity index (χ4n) is 0.772. The van der Waals surface area contributed by atoms with Gasteiger partial charge >= 0.3 is 0 Å². The van der Waals surface area contributed by atoms with E-state index < -0.39 is 0 Å². The zero-order valence-corrected chi connectivity index (χ0v) is 5.74. The molecule has 0 atom stereocenters. The highest BCUT2D eigenvalue weighted by molar-refractivity contribution is 5.79. The molecule has 0 bridgehead atoms. The molecule has 0 amide bonds. The van der Waals surface area contributed by atoms with Crippen molar-refractivity contribution < 1.29 is 9.90 Å². The average molecular weight is 146 g/mol. The molecule has 0 heterocycles. The Morgan fingerprint density at radius 2 is 2.27 bits per heavy atom. The van der Waals surface area contributed by atoms with Crippen molar-refractivity contribution in [3.63, 3.8) is 0 Å². The first-order valence-electron chi connectivity index (χ1n) is 3.02. The number of terminal acetylenes is 1. The van der Waals surface area contributed by atoms with Crippen LogP contribution in [-0.4, -0.2) is 11.4 Å². The van der Waals surface area contributed by atoms with Crippen molar-refractivity contribution in [3.05, 3.63) is 29.3 Å². The largest absolute Gasteiger partial charge is 0.508 e. The van der Waals surface area contributed by atoms with E-state index in [0.717, 1.165) is 0 Å². The van der Waals surface area contributed by atoms with Crippen LogP contribution in [0.15, 0.2) is 18.2 Å². The molecule has 1 aromatic carbocycles. The van der Waals surface area contributed by atoms with Gasteiger partial charge in [0.1, 0.15) is 5.75 Å². The standard InChI is InChI=1S/C9H6O2/c1-2-7-5-9(11)4-3-8(7)6-10/h1,3-6,11H. The molecule has 1 N–H and O–H groups in total. The van der Waals surface area contributed by atoms with E-state index >= 15 is 0 Å². The van der Waals surface area contributed by atoms with Crippen LogP contribution in [0.1, 0.15) is 15.9 Å². The maximum Gasteiger partial charge on any atom is 0.151 e. The minimum Gasteiger partial charge on any atom is -0.508 e. The molecular formula is C9H6O2. The summed E-state index contributed by atoms with van der Waals surface area (Å²) in [6, 6.07) is 4.28. The lowest BCUT2D eigenvalue weighted by molar-refractivity contribution is 0.112. The van der Waals surface area contributed by atoms with E-state index in [1.54, 1.807) is 0 Å². The second-order valence-corrected chi connectivity index (χ2v) is 2.03. The number of phenols is 1. The number of carbonyl (C=O) groups is 1. The van der Waals surface area contributed by atoms with E-state index in [9.17, 15) is 4.79 Å². The molecule has 0 unspecified atom stereocenters. The van der Waals surface area contributed by atoms with Gasteiger partial charge < -0.3 is 5.11 Å². The fraction of sp³-hybridized carbons (Fsp3) is 0. The summed E-state index contributed by atoms with van der Waals surface area (Å²) < 4.78 is 0. The second-order valence-electron chi connectivity index (χ2n) is 2.03. The molecule has 0 saturated heterocycles. The van der Waals surface area contributed by atoms with E-state index in [-0.39, 0.29) is 5.75 Å². The van der Waals surface area contributed by atoms with Gasteiger partial charge in [0.2, 0.25) is 0 Å². The molecule has 11 heavy (non-hydrogen) atoms. The van der Waals surface area contributed by atoms with Gasteiger partial charge in [-0.25, -0.2) is 0 Å². The number of aromatic hydroxyl groups is 1. The first-order chi connectivity index (χ1) is 5.27. The van der Waals surface area contributed by atoms with Gasteiger partial charge in [-0.2, -0.15) is 0 Å². The number of aldehydes is 1. The minimum atomic E-state index is 0.0727. The molecule has 0 spiro atoms. The lowest BCUT2D eigenvalue weighted by Gasteiger charge is -1.95. The van der Waals surface area contributed by atoms with Crippen LogP contribution in [-0.2, 0) is 0 Å². The number of hydrogen-bond acceptors (Lipinski definition) is 2. The third-order valence-electron chi connectivity index (χ3n) is 1.32. The number of hydrogen-bond donors (Lipinski definition) is 1. The topological polar surface area (TPSA) is 37.3 Å². The molecule has 0 radical (unpaired) electrons. The first-order valence-corrected chi connectivity index (χ1v) is 3.02. The van der Waals surface area contributed by atoms with Crippen LogP contribution >= 0.6 is 0 Å². The quantitative estimate of drug-likeness (QED) is 0.477. The average Bonchev–Trinajstić information content (AvgIpc) is 2.04. The summed E-state index contributed by atoms with van der Waals surface area (Å²) in [5.74, 6) is 2.37. The van der Waals surface area contributed by atoms with Crippen molar-refractivity contribution in [1.82, 2.24) is 0 Å². The molecule has 1 rings (SSSR count). The highest BCUT2D eigenvalue weighted by atomic mass is 16.3. The molecule has 0 aromatic heterocycles. The summed E-state index contributed by atoms with van der Waals surface area (Å²) in [6.45, 7) is 0.